The van der Waals surface area contributed by atoms with Crippen molar-refractivity contribution < 1.29 is 42.2 Å². The molecule has 4 nitrogen and oxygen atoms in total. The van der Waals surface area contributed by atoms with E-state index >= 15 is 0 Å². The van der Waals surface area contributed by atoms with Gasteiger partial charge in [-0.1, -0.05) is 13.3 Å². The summed E-state index contributed by atoms with van der Waals surface area (Å²) in [6.45, 7) is 1.94. The first-order valence-corrected chi connectivity index (χ1v) is 6.12. The maximum Gasteiger partial charge on any atom is 0.225 e. The molecule has 0 spiro atoms. The van der Waals surface area contributed by atoms with Crippen LogP contribution in [-0.4, -0.2) is 24.5 Å². The molecule has 1 amide bonds. The first-order chi connectivity index (χ1) is 9.13. The Morgan fingerprint density at radius 2 is 2.10 bits per heavy atom. The number of ether oxygens (including phenoxy) is 1. The summed E-state index contributed by atoms with van der Waals surface area (Å²) in [5.41, 5.74) is 1.72. The molecule has 1 radical (unpaired) electrons. The van der Waals surface area contributed by atoms with Gasteiger partial charge < -0.3 is 9.64 Å². The minimum Gasteiger partial charge on any atom is -0.479 e. The van der Waals surface area contributed by atoms with Crippen LogP contribution in [0.5, 0.6) is 5.75 Å². The quantitative estimate of drug-likeness (QED) is 0.791. The van der Waals surface area contributed by atoms with E-state index in [1.807, 2.05) is 25.1 Å². The first kappa shape index (κ1) is 16.9. The van der Waals surface area contributed by atoms with Crippen molar-refractivity contribution in [2.45, 2.75) is 13.3 Å². The number of hydrogen-bond acceptors (Lipinski definition) is 3. The van der Waals surface area contributed by atoms with Crippen LogP contribution in [0, 0.1) is 23.3 Å². The van der Waals surface area contributed by atoms with Crippen molar-refractivity contribution in [1.82, 2.24) is 4.90 Å². The molecular formula is C15H15N2O2Y-. The van der Waals surface area contributed by atoms with Gasteiger partial charge in [-0.15, -0.1) is 17.8 Å². The number of hydrogen-bond donors (Lipinski definition) is 0. The van der Waals surface area contributed by atoms with Gasteiger partial charge in [0.25, 0.3) is 0 Å². The Labute approximate surface area is 144 Å². The van der Waals surface area contributed by atoms with Gasteiger partial charge in [0.2, 0.25) is 5.91 Å². The van der Waals surface area contributed by atoms with Crippen molar-refractivity contribution in [2.75, 3.05) is 13.7 Å². The van der Waals surface area contributed by atoms with E-state index < -0.39 is 0 Å². The molecule has 20 heavy (non-hydrogen) atoms. The van der Waals surface area contributed by atoms with Crippen molar-refractivity contribution in [3.05, 3.63) is 35.9 Å². The van der Waals surface area contributed by atoms with Crippen LogP contribution in [-0.2, 0) is 37.5 Å². The van der Waals surface area contributed by atoms with Crippen molar-refractivity contribution in [3.63, 3.8) is 0 Å². The molecule has 2 rings (SSSR count). The van der Waals surface area contributed by atoms with Crippen LogP contribution in [0.2, 0.25) is 0 Å². The van der Waals surface area contributed by atoms with Crippen LogP contribution >= 0.6 is 0 Å². The second kappa shape index (κ2) is 7.57. The van der Waals surface area contributed by atoms with Gasteiger partial charge in [0, 0.05) is 45.7 Å². The predicted molar refractivity (Wildman–Crippen MR) is 70.8 cm³/mol. The van der Waals surface area contributed by atoms with E-state index in [2.05, 4.69) is 6.08 Å². The Morgan fingerprint density at radius 3 is 2.70 bits per heavy atom. The monoisotopic (exact) mass is 344 g/mol. The number of nitrogens with zero attached hydrogens (tertiary/aromatic N) is 2. The molecule has 0 aliphatic carbocycles. The summed E-state index contributed by atoms with van der Waals surface area (Å²) in [4.78, 5) is 13.6. The van der Waals surface area contributed by atoms with Gasteiger partial charge in [-0.2, -0.15) is 10.8 Å². The molecule has 1 atom stereocenters. The Bertz CT molecular complexity index is 546. The van der Waals surface area contributed by atoms with Crippen LogP contribution in [0.1, 0.15) is 18.9 Å². The average molecular weight is 344 g/mol. The summed E-state index contributed by atoms with van der Waals surface area (Å²) < 4.78 is 5.19. The van der Waals surface area contributed by atoms with Crippen LogP contribution in [0.25, 0.3) is 5.70 Å². The minimum absolute atomic E-state index is 0. The molecule has 1 unspecified atom stereocenters. The second-order valence-corrected chi connectivity index (χ2v) is 4.50. The van der Waals surface area contributed by atoms with Crippen molar-refractivity contribution in [3.8, 4) is 11.8 Å². The zero-order chi connectivity index (χ0) is 13.8. The molecule has 101 valence electrons. The fourth-order valence-electron chi connectivity index (χ4n) is 2.02. The molecule has 1 aliphatic rings. The Hall–Kier alpha value is -1.18. The van der Waals surface area contributed by atoms with Gasteiger partial charge in [-0.3, -0.25) is 4.79 Å². The number of benzene rings is 1. The number of carbonyl (C=O) groups excluding carboxylic acids is 1. The van der Waals surface area contributed by atoms with Gasteiger partial charge in [0.05, 0.1) is 0 Å². The van der Waals surface area contributed by atoms with Crippen LogP contribution in [0.15, 0.2) is 24.3 Å². The molecule has 1 aromatic carbocycles. The summed E-state index contributed by atoms with van der Waals surface area (Å²) >= 11 is 0. The van der Waals surface area contributed by atoms with Gasteiger partial charge in [0.1, 0.15) is 11.8 Å². The van der Waals surface area contributed by atoms with E-state index in [1.165, 1.54) is 0 Å². The Kier molecular flexibility index (Phi) is 6.38. The van der Waals surface area contributed by atoms with E-state index in [1.54, 1.807) is 24.1 Å². The Balaban J connectivity index is 0.00000200. The smallest absolute Gasteiger partial charge is 0.225 e. The molecule has 0 saturated carbocycles. The van der Waals surface area contributed by atoms with Gasteiger partial charge in [-0.05, 0) is 12.1 Å². The largest absolute Gasteiger partial charge is 0.479 e. The van der Waals surface area contributed by atoms with Crippen LogP contribution in [0.3, 0.4) is 0 Å². The third kappa shape index (κ3) is 3.68. The fourth-order valence-corrected chi connectivity index (χ4v) is 2.02. The van der Waals surface area contributed by atoms with Gasteiger partial charge in [-0.25, -0.2) is 6.08 Å². The zero-order valence-electron chi connectivity index (χ0n) is 11.6. The molecule has 0 bridgehead atoms. The molecule has 0 aromatic heterocycles. The van der Waals surface area contributed by atoms with Crippen LogP contribution < -0.4 is 4.74 Å². The summed E-state index contributed by atoms with van der Waals surface area (Å²) in [6.07, 6.45) is 3.90. The van der Waals surface area contributed by atoms with E-state index in [4.69, 9.17) is 10.00 Å². The zero-order valence-corrected chi connectivity index (χ0v) is 14.4. The topological polar surface area (TPSA) is 53.3 Å². The van der Waals surface area contributed by atoms with Gasteiger partial charge >= 0.3 is 0 Å². The molecule has 1 aliphatic heterocycles. The average Bonchev–Trinajstić information content (AvgIpc) is 2.44. The van der Waals surface area contributed by atoms with E-state index in [-0.39, 0.29) is 51.1 Å². The number of allylic oxidation sites excluding steroid dienone is 1. The van der Waals surface area contributed by atoms with E-state index in [0.717, 1.165) is 11.3 Å². The fraction of sp³-hybridized carbons (Fsp3) is 0.333. The number of rotatable bonds is 3. The first-order valence-electron chi connectivity index (χ1n) is 6.12. The normalized spacial score (nSPS) is 17.9. The van der Waals surface area contributed by atoms with Crippen molar-refractivity contribution in [2.24, 2.45) is 5.92 Å². The van der Waals surface area contributed by atoms with Crippen molar-refractivity contribution in [1.29, 1.82) is 5.26 Å². The number of carbonyl (C=O) groups is 1. The third-order valence-corrected chi connectivity index (χ3v) is 3.09. The number of nitriles is 1. The minimum atomic E-state index is -0.00742. The van der Waals surface area contributed by atoms with Crippen LogP contribution in [0.4, 0.5) is 0 Å². The standard InChI is InChI=1S/C15H15N2O2.Y/c1-11-3-8-14(17(2)15(11)18)12-4-6-13(7-5-12)19-10-9-16;/h4-7,11H,3,10H2,1-2H3;/q-1;. The molecule has 0 N–H and O–H groups in total. The number of amides is 1. The summed E-state index contributed by atoms with van der Waals surface area (Å²) in [5.74, 6) is 0.745. The summed E-state index contributed by atoms with van der Waals surface area (Å²) in [5, 5.41) is 8.44. The predicted octanol–water partition coefficient (Wildman–Crippen LogP) is 2.23. The molecule has 0 saturated heterocycles. The summed E-state index contributed by atoms with van der Waals surface area (Å²) in [7, 11) is 1.76. The maximum absolute atomic E-state index is 11.9. The SMILES string of the molecule is CC1C[C-]=C(c2ccc(OCC#N)cc2)N(C)C1=O.[Y]. The molecule has 0 fully saturated rings. The van der Waals surface area contributed by atoms with Gasteiger partial charge in [0.15, 0.2) is 6.61 Å². The van der Waals surface area contributed by atoms with E-state index in [9.17, 15) is 4.79 Å². The third-order valence-electron chi connectivity index (χ3n) is 3.09. The molecule has 5 heteroatoms. The van der Waals surface area contributed by atoms with Crippen molar-refractivity contribution >= 4 is 11.6 Å². The van der Waals surface area contributed by atoms with E-state index in [0.29, 0.717) is 12.2 Å². The maximum atomic E-state index is 11.9. The Morgan fingerprint density at radius 1 is 1.45 bits per heavy atom. The molecular weight excluding hydrogens is 329 g/mol. The molecule has 1 heterocycles. The molecule has 1 aromatic rings. The second-order valence-electron chi connectivity index (χ2n) is 4.50. The summed E-state index contributed by atoms with van der Waals surface area (Å²) in [6, 6.07) is 9.24.